The Hall–Kier alpha value is -1.33. The fourth-order valence-corrected chi connectivity index (χ4v) is 2.32. The van der Waals surface area contributed by atoms with Gasteiger partial charge in [0.25, 0.3) is 5.91 Å². The molecule has 2 heterocycles. The van der Waals surface area contributed by atoms with Gasteiger partial charge in [-0.15, -0.1) is 0 Å². The molecule has 6 heteroatoms. The maximum absolute atomic E-state index is 12.2. The van der Waals surface area contributed by atoms with Gasteiger partial charge in [-0.1, -0.05) is 18.5 Å². The van der Waals surface area contributed by atoms with E-state index in [-0.39, 0.29) is 5.91 Å². The number of aromatic nitrogens is 2. The lowest BCUT2D eigenvalue weighted by Gasteiger charge is -2.09. The van der Waals surface area contributed by atoms with E-state index in [9.17, 15) is 4.79 Å². The van der Waals surface area contributed by atoms with Gasteiger partial charge < -0.3 is 9.88 Å². The molecule has 0 atom stereocenters. The number of anilines is 1. The van der Waals surface area contributed by atoms with Crippen LogP contribution < -0.4 is 5.32 Å². The van der Waals surface area contributed by atoms with Crippen molar-refractivity contribution in [3.8, 4) is 0 Å². The van der Waals surface area contributed by atoms with Gasteiger partial charge >= 0.3 is 0 Å². The molecule has 0 unspecified atom stereocenters. The highest BCUT2D eigenvalue weighted by Crippen LogP contribution is 2.22. The normalized spacial score (nSPS) is 10.5. The number of carbonyl (C=O) groups excluding carboxylic acids is 1. The summed E-state index contributed by atoms with van der Waals surface area (Å²) in [5.41, 5.74) is 1.23. The van der Waals surface area contributed by atoms with Gasteiger partial charge in [0.15, 0.2) is 0 Å². The van der Waals surface area contributed by atoms with Gasteiger partial charge in [0.1, 0.15) is 5.69 Å². The van der Waals surface area contributed by atoms with Gasteiger partial charge in [0.2, 0.25) is 0 Å². The van der Waals surface area contributed by atoms with Crippen LogP contribution in [0.1, 0.15) is 23.8 Å². The number of pyridine rings is 1. The number of nitrogens with one attached hydrogen (secondary N) is 1. The Labute approximate surface area is 124 Å². The Balaban J connectivity index is 2.23. The monoisotopic (exact) mass is 341 g/mol. The first-order valence-electron chi connectivity index (χ1n) is 5.88. The minimum absolute atomic E-state index is 0.188. The number of aryl methyl sites for hydroxylation is 1. The third kappa shape index (κ3) is 3.36. The lowest BCUT2D eigenvalue weighted by molar-refractivity contribution is 0.101. The van der Waals surface area contributed by atoms with Crippen molar-refractivity contribution in [2.75, 3.05) is 5.32 Å². The summed E-state index contributed by atoms with van der Waals surface area (Å²) < 4.78 is 2.59. The van der Waals surface area contributed by atoms with Crippen LogP contribution in [-0.4, -0.2) is 15.5 Å². The van der Waals surface area contributed by atoms with Gasteiger partial charge in [-0.3, -0.25) is 9.78 Å². The Morgan fingerprint density at radius 3 is 3.05 bits per heavy atom. The fraction of sp³-hybridized carbons (Fsp3) is 0.231. The summed E-state index contributed by atoms with van der Waals surface area (Å²) in [5.74, 6) is -0.188. The molecule has 0 aliphatic carbocycles. The molecule has 0 radical (unpaired) electrons. The van der Waals surface area contributed by atoms with E-state index in [1.165, 1.54) is 0 Å². The molecule has 0 fully saturated rings. The first-order chi connectivity index (χ1) is 9.11. The second kappa shape index (κ2) is 6.21. The average Bonchev–Trinajstić information content (AvgIpc) is 2.74. The van der Waals surface area contributed by atoms with Crippen LogP contribution in [0.4, 0.5) is 5.69 Å². The lowest BCUT2D eigenvalue weighted by atomic mass is 10.3. The van der Waals surface area contributed by atoms with E-state index in [1.54, 1.807) is 30.7 Å². The number of rotatable bonds is 4. The van der Waals surface area contributed by atoms with E-state index >= 15 is 0 Å². The quantitative estimate of drug-likeness (QED) is 0.914. The fourth-order valence-electron chi connectivity index (χ4n) is 1.75. The SMILES string of the molecule is CCCn1cc(Cl)cc1C(=O)Nc1ccncc1Br. The molecule has 0 bridgehead atoms. The third-order valence-corrected chi connectivity index (χ3v) is 3.42. The zero-order valence-electron chi connectivity index (χ0n) is 10.4. The smallest absolute Gasteiger partial charge is 0.272 e. The summed E-state index contributed by atoms with van der Waals surface area (Å²) in [7, 11) is 0. The molecule has 4 nitrogen and oxygen atoms in total. The number of hydrogen-bond acceptors (Lipinski definition) is 2. The van der Waals surface area contributed by atoms with E-state index in [4.69, 9.17) is 11.6 Å². The van der Waals surface area contributed by atoms with Crippen molar-refractivity contribution >= 4 is 39.1 Å². The first kappa shape index (κ1) is 14.1. The van der Waals surface area contributed by atoms with Crippen LogP contribution in [0.5, 0.6) is 0 Å². The first-order valence-corrected chi connectivity index (χ1v) is 7.05. The van der Waals surface area contributed by atoms with E-state index in [0.29, 0.717) is 16.4 Å². The molecule has 0 aromatic carbocycles. The number of carbonyl (C=O) groups is 1. The molecule has 0 spiro atoms. The summed E-state index contributed by atoms with van der Waals surface area (Å²) in [6, 6.07) is 3.40. The number of halogens is 2. The Morgan fingerprint density at radius 1 is 1.58 bits per heavy atom. The zero-order chi connectivity index (χ0) is 13.8. The maximum Gasteiger partial charge on any atom is 0.272 e. The Bertz CT molecular complexity index is 597. The largest absolute Gasteiger partial charge is 0.342 e. The molecule has 0 saturated heterocycles. The summed E-state index contributed by atoms with van der Waals surface area (Å²) in [4.78, 5) is 16.2. The van der Waals surface area contributed by atoms with Gasteiger partial charge in [0.05, 0.1) is 15.2 Å². The zero-order valence-corrected chi connectivity index (χ0v) is 12.7. The standard InChI is InChI=1S/C13H13BrClN3O/c1-2-5-18-8-9(15)6-12(18)13(19)17-11-3-4-16-7-10(11)14/h3-4,6-8H,2,5H2,1H3,(H,16,17,19). The van der Waals surface area contributed by atoms with Crippen LogP contribution in [0, 0.1) is 0 Å². The van der Waals surface area contributed by atoms with E-state index in [1.807, 2.05) is 4.57 Å². The minimum atomic E-state index is -0.188. The Morgan fingerprint density at radius 2 is 2.37 bits per heavy atom. The van der Waals surface area contributed by atoms with E-state index < -0.39 is 0 Å². The van der Waals surface area contributed by atoms with Crippen molar-refractivity contribution in [2.24, 2.45) is 0 Å². The highest BCUT2D eigenvalue weighted by Gasteiger charge is 2.14. The van der Waals surface area contributed by atoms with Gasteiger partial charge in [-0.2, -0.15) is 0 Å². The number of nitrogens with zero attached hydrogens (tertiary/aromatic N) is 2. The predicted octanol–water partition coefficient (Wildman–Crippen LogP) is 3.96. The van der Waals surface area contributed by atoms with Crippen molar-refractivity contribution in [3.63, 3.8) is 0 Å². The highest BCUT2D eigenvalue weighted by atomic mass is 79.9. The van der Waals surface area contributed by atoms with Gasteiger partial charge in [0, 0.05) is 25.1 Å². The van der Waals surface area contributed by atoms with Crippen LogP contribution in [0.2, 0.25) is 5.02 Å². The molecule has 19 heavy (non-hydrogen) atoms. The summed E-state index contributed by atoms with van der Waals surface area (Å²) >= 11 is 9.30. The number of hydrogen-bond donors (Lipinski definition) is 1. The van der Waals surface area contributed by atoms with E-state index in [2.05, 4.69) is 33.2 Å². The molecule has 1 N–H and O–H groups in total. The Kier molecular flexibility index (Phi) is 4.61. The van der Waals surface area contributed by atoms with Crippen LogP contribution in [0.3, 0.4) is 0 Å². The topological polar surface area (TPSA) is 46.9 Å². The van der Waals surface area contributed by atoms with Crippen molar-refractivity contribution in [1.29, 1.82) is 0 Å². The summed E-state index contributed by atoms with van der Waals surface area (Å²) in [5, 5.41) is 3.40. The second-order valence-electron chi connectivity index (χ2n) is 4.05. The molecule has 0 aliphatic rings. The van der Waals surface area contributed by atoms with Crippen molar-refractivity contribution in [2.45, 2.75) is 19.9 Å². The van der Waals surface area contributed by atoms with Gasteiger partial charge in [-0.05, 0) is 34.5 Å². The molecule has 100 valence electrons. The molecule has 2 aromatic rings. The number of amides is 1. The van der Waals surface area contributed by atoms with Gasteiger partial charge in [-0.25, -0.2) is 0 Å². The van der Waals surface area contributed by atoms with Crippen LogP contribution >= 0.6 is 27.5 Å². The molecular formula is C13H13BrClN3O. The maximum atomic E-state index is 12.2. The predicted molar refractivity (Wildman–Crippen MR) is 79.6 cm³/mol. The van der Waals surface area contributed by atoms with Crippen molar-refractivity contribution in [1.82, 2.24) is 9.55 Å². The lowest BCUT2D eigenvalue weighted by Crippen LogP contribution is -2.17. The third-order valence-electron chi connectivity index (χ3n) is 2.58. The highest BCUT2D eigenvalue weighted by molar-refractivity contribution is 9.10. The van der Waals surface area contributed by atoms with Crippen molar-refractivity contribution in [3.05, 3.63) is 45.9 Å². The molecule has 2 aromatic heterocycles. The minimum Gasteiger partial charge on any atom is -0.342 e. The summed E-state index contributed by atoms with van der Waals surface area (Å²) in [6.45, 7) is 2.81. The average molecular weight is 343 g/mol. The molecule has 1 amide bonds. The van der Waals surface area contributed by atoms with E-state index in [0.717, 1.165) is 17.4 Å². The molecule has 2 rings (SSSR count). The summed E-state index contributed by atoms with van der Waals surface area (Å²) in [6.07, 6.45) is 5.96. The second-order valence-corrected chi connectivity index (χ2v) is 5.34. The molecule has 0 saturated carbocycles. The van der Waals surface area contributed by atoms with Crippen molar-refractivity contribution < 1.29 is 4.79 Å². The molecule has 0 aliphatic heterocycles. The molecular weight excluding hydrogens is 330 g/mol. The van der Waals surface area contributed by atoms with Crippen LogP contribution in [-0.2, 0) is 6.54 Å². The van der Waals surface area contributed by atoms with Crippen LogP contribution in [0.15, 0.2) is 35.2 Å². The van der Waals surface area contributed by atoms with Crippen LogP contribution in [0.25, 0.3) is 0 Å².